The van der Waals surface area contributed by atoms with Crippen LogP contribution in [0.5, 0.6) is 0 Å². The van der Waals surface area contributed by atoms with E-state index in [1.54, 1.807) is 12.1 Å². The molecule has 0 fully saturated rings. The van der Waals surface area contributed by atoms with Gasteiger partial charge in [-0.1, -0.05) is 13.0 Å². The molecule has 1 aromatic carbocycles. The van der Waals surface area contributed by atoms with Crippen molar-refractivity contribution in [1.29, 1.82) is 0 Å². The number of nitrogens with one attached hydrogen (secondary N) is 2. The Labute approximate surface area is 91.8 Å². The minimum Gasteiger partial charge on any atom is -0.538 e. The van der Waals surface area contributed by atoms with Crippen molar-refractivity contribution in [2.75, 3.05) is 5.73 Å². The molecule has 0 saturated carbocycles. The van der Waals surface area contributed by atoms with E-state index in [2.05, 4.69) is 20.1 Å². The van der Waals surface area contributed by atoms with Crippen molar-refractivity contribution in [1.82, 2.24) is 10.9 Å². The lowest BCUT2D eigenvalue weighted by molar-refractivity contribution is 0.0931. The highest BCUT2D eigenvalue weighted by Crippen LogP contribution is 2.12. The summed E-state index contributed by atoms with van der Waals surface area (Å²) in [6.07, 6.45) is 0. The van der Waals surface area contributed by atoms with Gasteiger partial charge in [-0.05, 0) is 24.6 Å². The summed E-state index contributed by atoms with van der Waals surface area (Å²) in [6, 6.07) is 5.25. The largest absolute Gasteiger partial charge is 0.538 e. The first-order chi connectivity index (χ1) is 7.00. The summed E-state index contributed by atoms with van der Waals surface area (Å²) in [4.78, 5) is 11.7. The highest BCUT2D eigenvalue weighted by atomic mass is 31.0. The van der Waals surface area contributed by atoms with Gasteiger partial charge >= 0.3 is 0 Å². The number of hydrogen-bond donors (Lipinski definition) is 3. The predicted molar refractivity (Wildman–Crippen MR) is 64.0 cm³/mol. The molecular formula is C10H15N3OP-. The van der Waals surface area contributed by atoms with Crippen LogP contribution in [0.15, 0.2) is 18.2 Å². The number of carbonyl (C=O) groups is 1. The molecule has 0 saturated heterocycles. The lowest BCUT2D eigenvalue weighted by Gasteiger charge is -2.17. The molecule has 1 amide bonds. The van der Waals surface area contributed by atoms with E-state index in [9.17, 15) is 4.79 Å². The monoisotopic (exact) mass is 224 g/mol. The number of benzene rings is 1. The Bertz CT molecular complexity index is 366. The first kappa shape index (κ1) is 12.0. The van der Waals surface area contributed by atoms with Crippen LogP contribution in [0.3, 0.4) is 0 Å². The molecule has 0 radical (unpaired) electrons. The van der Waals surface area contributed by atoms with Gasteiger partial charge in [0.05, 0.1) is 0 Å². The highest BCUT2D eigenvalue weighted by Gasteiger charge is 2.08. The van der Waals surface area contributed by atoms with Gasteiger partial charge in [-0.15, -0.1) is 5.78 Å². The summed E-state index contributed by atoms with van der Waals surface area (Å²) >= 11 is 0. The molecule has 1 unspecified atom stereocenters. The fourth-order valence-electron chi connectivity index (χ4n) is 1.13. The molecule has 4 N–H and O–H groups in total. The van der Waals surface area contributed by atoms with Crippen molar-refractivity contribution in [2.24, 2.45) is 0 Å². The zero-order valence-electron chi connectivity index (χ0n) is 8.79. The van der Waals surface area contributed by atoms with Crippen molar-refractivity contribution in [3.63, 3.8) is 0 Å². The van der Waals surface area contributed by atoms with Crippen LogP contribution in [0.4, 0.5) is 5.69 Å². The van der Waals surface area contributed by atoms with Crippen LogP contribution in [-0.2, 0) is 0 Å². The van der Waals surface area contributed by atoms with Crippen molar-refractivity contribution in [2.45, 2.75) is 19.6 Å². The average molecular weight is 224 g/mol. The molecule has 15 heavy (non-hydrogen) atoms. The fourth-order valence-corrected chi connectivity index (χ4v) is 1.20. The number of aryl methyl sites for hydroxylation is 1. The minimum absolute atomic E-state index is 0.00955. The molecule has 0 aromatic heterocycles. The van der Waals surface area contributed by atoms with Gasteiger partial charge in [0.2, 0.25) is 0 Å². The zero-order chi connectivity index (χ0) is 11.4. The maximum absolute atomic E-state index is 11.7. The Morgan fingerprint density at radius 3 is 2.80 bits per heavy atom. The third-order valence-electron chi connectivity index (χ3n) is 1.91. The third-order valence-corrected chi connectivity index (χ3v) is 2.05. The number of hydrogen-bond acceptors (Lipinski definition) is 3. The number of carbonyl (C=O) groups excluding carboxylic acids is 1. The predicted octanol–water partition coefficient (Wildman–Crippen LogP) is 1.30. The normalized spacial score (nSPS) is 12.2. The molecule has 5 heteroatoms. The Hall–Kier alpha value is -1.12. The standard InChI is InChI=1S/C10H15N3OP/c1-6-3-4-8(11)5-9(6)10(14)13-12-7(2)15/h3-5,7,12,15H,11H2,1-2H3,(H,13,14)/q-1. The SMILES string of the molecule is Cc1ccc(N)cc1C(=O)NNC(C)[PH-]. The second-order valence-corrected chi connectivity index (χ2v) is 4.26. The van der Waals surface area contributed by atoms with Crippen LogP contribution in [-0.4, -0.2) is 11.7 Å². The Morgan fingerprint density at radius 2 is 2.20 bits per heavy atom. The van der Waals surface area contributed by atoms with Gasteiger partial charge < -0.3 is 15.0 Å². The molecule has 82 valence electrons. The summed E-state index contributed by atoms with van der Waals surface area (Å²) in [6.45, 7) is 3.73. The molecule has 4 nitrogen and oxygen atoms in total. The van der Waals surface area contributed by atoms with Gasteiger partial charge in [0.25, 0.3) is 5.91 Å². The van der Waals surface area contributed by atoms with Gasteiger partial charge in [0, 0.05) is 11.3 Å². The molecule has 0 aliphatic heterocycles. The van der Waals surface area contributed by atoms with Crippen LogP contribution < -0.4 is 16.6 Å². The van der Waals surface area contributed by atoms with Crippen LogP contribution >= 0.6 is 9.24 Å². The molecule has 0 heterocycles. The summed E-state index contributed by atoms with van der Waals surface area (Å²) in [7, 11) is 3.31. The van der Waals surface area contributed by atoms with E-state index in [0.717, 1.165) is 5.56 Å². The first-order valence-electron chi connectivity index (χ1n) is 4.64. The topological polar surface area (TPSA) is 67.2 Å². The zero-order valence-corrected chi connectivity index (χ0v) is 9.79. The molecule has 1 atom stereocenters. The van der Waals surface area contributed by atoms with Crippen LogP contribution in [0.2, 0.25) is 0 Å². The van der Waals surface area contributed by atoms with E-state index >= 15 is 0 Å². The van der Waals surface area contributed by atoms with Crippen LogP contribution in [0, 0.1) is 6.92 Å². The molecule has 1 aromatic rings. The first-order valence-corrected chi connectivity index (χ1v) is 5.21. The second kappa shape index (κ2) is 5.10. The number of nitrogens with two attached hydrogens (primary N) is 1. The molecule has 0 aliphatic rings. The summed E-state index contributed by atoms with van der Waals surface area (Å²) in [5.74, 6) is -0.180. The van der Waals surface area contributed by atoms with Crippen molar-refractivity contribution in [3.8, 4) is 0 Å². The lowest BCUT2D eigenvalue weighted by Crippen LogP contribution is -2.40. The fraction of sp³-hybridized carbons (Fsp3) is 0.300. The quantitative estimate of drug-likeness (QED) is 0.412. The van der Waals surface area contributed by atoms with Gasteiger partial charge in [0.1, 0.15) is 0 Å². The number of nitrogen functional groups attached to an aromatic ring is 1. The maximum Gasteiger partial charge on any atom is 0.265 e. The number of hydrazine groups is 1. The number of rotatable bonds is 3. The van der Waals surface area contributed by atoms with E-state index in [-0.39, 0.29) is 11.7 Å². The summed E-state index contributed by atoms with van der Waals surface area (Å²) < 4.78 is 0. The van der Waals surface area contributed by atoms with E-state index < -0.39 is 0 Å². The minimum atomic E-state index is -0.190. The summed E-state index contributed by atoms with van der Waals surface area (Å²) in [5, 5.41) is 0. The third kappa shape index (κ3) is 3.50. The van der Waals surface area contributed by atoms with Gasteiger partial charge in [-0.3, -0.25) is 15.6 Å². The highest BCUT2D eigenvalue weighted by molar-refractivity contribution is 7.17. The molecule has 1 rings (SSSR count). The van der Waals surface area contributed by atoms with Crippen molar-refractivity contribution >= 4 is 20.8 Å². The van der Waals surface area contributed by atoms with Gasteiger partial charge in [-0.2, -0.15) is 0 Å². The van der Waals surface area contributed by atoms with E-state index in [4.69, 9.17) is 5.73 Å². The van der Waals surface area contributed by atoms with Gasteiger partial charge in [-0.25, -0.2) is 0 Å². The molecule has 0 spiro atoms. The van der Waals surface area contributed by atoms with E-state index in [1.807, 2.05) is 19.9 Å². The Balaban J connectivity index is 2.77. The average Bonchev–Trinajstić information content (AvgIpc) is 2.18. The van der Waals surface area contributed by atoms with E-state index in [1.165, 1.54) is 0 Å². The number of amides is 1. The molecular weight excluding hydrogens is 209 g/mol. The smallest absolute Gasteiger partial charge is 0.265 e. The number of anilines is 1. The molecule has 0 bridgehead atoms. The van der Waals surface area contributed by atoms with Crippen LogP contribution in [0.25, 0.3) is 0 Å². The molecule has 0 aliphatic carbocycles. The van der Waals surface area contributed by atoms with Crippen molar-refractivity contribution in [3.05, 3.63) is 29.3 Å². The maximum atomic E-state index is 11.7. The Kier molecular flexibility index (Phi) is 4.06. The van der Waals surface area contributed by atoms with Gasteiger partial charge in [0.15, 0.2) is 0 Å². The lowest BCUT2D eigenvalue weighted by atomic mass is 10.1. The summed E-state index contributed by atoms with van der Waals surface area (Å²) in [5.41, 5.74) is 13.0. The van der Waals surface area contributed by atoms with Crippen LogP contribution in [0.1, 0.15) is 22.8 Å². The van der Waals surface area contributed by atoms with Crippen molar-refractivity contribution < 1.29 is 4.79 Å². The van der Waals surface area contributed by atoms with E-state index in [0.29, 0.717) is 11.3 Å². The Morgan fingerprint density at radius 1 is 1.53 bits per heavy atom. The second-order valence-electron chi connectivity index (χ2n) is 3.39.